The van der Waals surface area contributed by atoms with Crippen molar-refractivity contribution >= 4 is 11.7 Å². The van der Waals surface area contributed by atoms with E-state index >= 15 is 0 Å². The van der Waals surface area contributed by atoms with Gasteiger partial charge in [-0.1, -0.05) is 0 Å². The molecule has 0 bridgehead atoms. The first-order chi connectivity index (χ1) is 7.25. The number of hydrogen-bond donors (Lipinski definition) is 0. The quantitative estimate of drug-likeness (QED) is 0.601. The summed E-state index contributed by atoms with van der Waals surface area (Å²) in [5.41, 5.74) is 0. The summed E-state index contributed by atoms with van der Waals surface area (Å²) < 4.78 is 0. The van der Waals surface area contributed by atoms with E-state index in [0.29, 0.717) is 19.0 Å². The molecule has 1 aliphatic carbocycles. The fourth-order valence-electron chi connectivity index (χ4n) is 2.73. The minimum atomic E-state index is -0.238. The molecule has 1 amide bonds. The lowest BCUT2D eigenvalue weighted by Crippen LogP contribution is -2.39. The highest BCUT2D eigenvalue weighted by Crippen LogP contribution is 2.31. The van der Waals surface area contributed by atoms with E-state index in [-0.39, 0.29) is 11.7 Å². The summed E-state index contributed by atoms with van der Waals surface area (Å²) in [6.07, 6.45) is 4.12. The molecule has 15 heavy (non-hydrogen) atoms. The van der Waals surface area contributed by atoms with Gasteiger partial charge < -0.3 is 4.90 Å². The molecule has 2 heterocycles. The highest BCUT2D eigenvalue weighted by Gasteiger charge is 2.40. The second-order valence-corrected chi connectivity index (χ2v) is 4.84. The highest BCUT2D eigenvalue weighted by atomic mass is 16.2. The Kier molecular flexibility index (Phi) is 2.06. The maximum atomic E-state index is 11.5. The Balaban J connectivity index is 1.64. The van der Waals surface area contributed by atoms with Crippen molar-refractivity contribution < 1.29 is 9.59 Å². The van der Waals surface area contributed by atoms with Gasteiger partial charge in [0.1, 0.15) is 0 Å². The van der Waals surface area contributed by atoms with Crippen LogP contribution in [-0.4, -0.2) is 53.2 Å². The smallest absolute Gasteiger partial charge is 0.290 e. The molecule has 0 aromatic heterocycles. The van der Waals surface area contributed by atoms with Gasteiger partial charge in [-0.15, -0.1) is 0 Å². The normalized spacial score (nSPS) is 33.1. The zero-order chi connectivity index (χ0) is 10.4. The number of ketones is 1. The van der Waals surface area contributed by atoms with Gasteiger partial charge in [-0.2, -0.15) is 0 Å². The molecule has 3 aliphatic rings. The van der Waals surface area contributed by atoms with E-state index in [1.807, 2.05) is 0 Å². The number of amides is 1. The molecule has 0 aromatic carbocycles. The highest BCUT2D eigenvalue weighted by molar-refractivity contribution is 6.37. The van der Waals surface area contributed by atoms with Gasteiger partial charge >= 0.3 is 0 Å². The fraction of sp³-hybridized carbons (Fsp3) is 0.818. The number of likely N-dealkylation sites (tertiary alicyclic amines) is 2. The molecule has 3 rings (SSSR count). The van der Waals surface area contributed by atoms with Crippen molar-refractivity contribution in [2.24, 2.45) is 0 Å². The van der Waals surface area contributed by atoms with Gasteiger partial charge in [0, 0.05) is 38.1 Å². The number of hydrogen-bond acceptors (Lipinski definition) is 3. The van der Waals surface area contributed by atoms with Crippen molar-refractivity contribution in [1.29, 1.82) is 0 Å². The zero-order valence-corrected chi connectivity index (χ0v) is 8.82. The van der Waals surface area contributed by atoms with E-state index < -0.39 is 0 Å². The fourth-order valence-corrected chi connectivity index (χ4v) is 2.73. The molecule has 4 nitrogen and oxygen atoms in total. The van der Waals surface area contributed by atoms with E-state index in [9.17, 15) is 9.59 Å². The molecule has 3 fully saturated rings. The van der Waals surface area contributed by atoms with Crippen molar-refractivity contribution in [2.75, 3.05) is 19.6 Å². The molecule has 1 atom stereocenters. The number of rotatable bonds is 2. The molecule has 0 radical (unpaired) electrons. The molecule has 0 aromatic rings. The van der Waals surface area contributed by atoms with Gasteiger partial charge in [-0.3, -0.25) is 14.5 Å². The van der Waals surface area contributed by atoms with Gasteiger partial charge in [0.15, 0.2) is 0 Å². The van der Waals surface area contributed by atoms with Gasteiger partial charge in [0.25, 0.3) is 5.91 Å². The van der Waals surface area contributed by atoms with Crippen LogP contribution < -0.4 is 0 Å². The summed E-state index contributed by atoms with van der Waals surface area (Å²) in [5, 5.41) is 0. The maximum absolute atomic E-state index is 11.5. The molecule has 1 unspecified atom stereocenters. The molecular weight excluding hydrogens is 192 g/mol. The maximum Gasteiger partial charge on any atom is 0.290 e. The predicted molar refractivity (Wildman–Crippen MR) is 54.3 cm³/mol. The van der Waals surface area contributed by atoms with Crippen molar-refractivity contribution in [3.63, 3.8) is 0 Å². The third-order valence-corrected chi connectivity index (χ3v) is 3.78. The van der Waals surface area contributed by atoms with Crippen LogP contribution in [0.2, 0.25) is 0 Å². The van der Waals surface area contributed by atoms with Gasteiger partial charge in [-0.25, -0.2) is 0 Å². The van der Waals surface area contributed by atoms with Crippen molar-refractivity contribution in [1.82, 2.24) is 9.80 Å². The summed E-state index contributed by atoms with van der Waals surface area (Å²) >= 11 is 0. The van der Waals surface area contributed by atoms with Crippen molar-refractivity contribution in [3.8, 4) is 0 Å². The molecule has 4 heteroatoms. The topological polar surface area (TPSA) is 40.6 Å². The number of carbonyl (C=O) groups excluding carboxylic acids is 2. The summed E-state index contributed by atoms with van der Waals surface area (Å²) in [6.45, 7) is 2.75. The van der Waals surface area contributed by atoms with Gasteiger partial charge in [-0.05, 0) is 19.3 Å². The van der Waals surface area contributed by atoms with Crippen LogP contribution in [0.25, 0.3) is 0 Å². The Labute approximate surface area is 89.2 Å². The Morgan fingerprint density at radius 1 is 1.00 bits per heavy atom. The third kappa shape index (κ3) is 1.57. The lowest BCUT2D eigenvalue weighted by molar-refractivity contribution is -0.141. The second kappa shape index (κ2) is 3.30. The zero-order valence-electron chi connectivity index (χ0n) is 8.82. The van der Waals surface area contributed by atoms with Gasteiger partial charge in [0.2, 0.25) is 5.78 Å². The van der Waals surface area contributed by atoms with Crippen LogP contribution in [0, 0.1) is 0 Å². The van der Waals surface area contributed by atoms with Crippen LogP contribution in [0.5, 0.6) is 0 Å². The van der Waals surface area contributed by atoms with E-state index in [4.69, 9.17) is 0 Å². The molecule has 1 saturated carbocycles. The first kappa shape index (κ1) is 9.33. The first-order valence-corrected chi connectivity index (χ1v) is 5.83. The van der Waals surface area contributed by atoms with Crippen LogP contribution >= 0.6 is 0 Å². The summed E-state index contributed by atoms with van der Waals surface area (Å²) in [5.74, 6) is -0.433. The molecule has 82 valence electrons. The van der Waals surface area contributed by atoms with E-state index in [1.165, 1.54) is 12.8 Å². The third-order valence-electron chi connectivity index (χ3n) is 3.78. The largest absolute Gasteiger partial charge is 0.331 e. The Bertz CT molecular complexity index is 312. The molecular formula is C11H16N2O2. The lowest BCUT2D eigenvalue weighted by atomic mass is 10.2. The SMILES string of the molecule is O=C1CCN(C2CCN(C3CC3)C2)C1=O. The monoisotopic (exact) mass is 208 g/mol. The average molecular weight is 208 g/mol. The number of Topliss-reactive ketones (excluding diaryl/α,β-unsaturated/α-hetero) is 1. The van der Waals surface area contributed by atoms with Crippen LogP contribution in [-0.2, 0) is 9.59 Å². The van der Waals surface area contributed by atoms with Crippen LogP contribution in [0.1, 0.15) is 25.7 Å². The Morgan fingerprint density at radius 3 is 2.40 bits per heavy atom. The Hall–Kier alpha value is -0.900. The van der Waals surface area contributed by atoms with Crippen molar-refractivity contribution in [2.45, 2.75) is 37.8 Å². The predicted octanol–water partition coefficient (Wildman–Crippen LogP) is 0.0245. The summed E-state index contributed by atoms with van der Waals surface area (Å²) in [6, 6.07) is 1.09. The molecule has 0 spiro atoms. The standard InChI is InChI=1S/C11H16N2O2/c14-10-4-6-13(11(10)15)9-3-5-12(7-9)8-1-2-8/h8-9H,1-7H2. The minimum Gasteiger partial charge on any atom is -0.331 e. The van der Waals surface area contributed by atoms with Crippen molar-refractivity contribution in [3.05, 3.63) is 0 Å². The number of nitrogens with zero attached hydrogens (tertiary/aromatic N) is 2. The Morgan fingerprint density at radius 2 is 1.80 bits per heavy atom. The molecule has 2 saturated heterocycles. The van der Waals surface area contributed by atoms with Crippen LogP contribution in [0.4, 0.5) is 0 Å². The second-order valence-electron chi connectivity index (χ2n) is 4.84. The van der Waals surface area contributed by atoms with E-state index in [2.05, 4.69) is 4.90 Å². The van der Waals surface area contributed by atoms with Crippen LogP contribution in [0.3, 0.4) is 0 Å². The lowest BCUT2D eigenvalue weighted by Gasteiger charge is -2.23. The first-order valence-electron chi connectivity index (χ1n) is 5.83. The molecule has 0 N–H and O–H groups in total. The van der Waals surface area contributed by atoms with Gasteiger partial charge in [0.05, 0.1) is 0 Å². The summed E-state index contributed by atoms with van der Waals surface area (Å²) in [4.78, 5) is 27.0. The average Bonchev–Trinajstić information content (AvgIpc) is 2.89. The molecule has 2 aliphatic heterocycles. The summed E-state index contributed by atoms with van der Waals surface area (Å²) in [7, 11) is 0. The number of carbonyl (C=O) groups is 2. The van der Waals surface area contributed by atoms with E-state index in [1.54, 1.807) is 4.90 Å². The van der Waals surface area contributed by atoms with Crippen LogP contribution in [0.15, 0.2) is 0 Å². The van der Waals surface area contributed by atoms with E-state index in [0.717, 1.165) is 25.6 Å². The minimum absolute atomic E-state index is 0.195.